The van der Waals surface area contributed by atoms with Crippen LogP contribution in [0.3, 0.4) is 0 Å². The summed E-state index contributed by atoms with van der Waals surface area (Å²) in [5.41, 5.74) is 0. The van der Waals surface area contributed by atoms with Crippen LogP contribution in [0.4, 0.5) is 11.6 Å². The third-order valence-corrected chi connectivity index (χ3v) is 4.04. The van der Waals surface area contributed by atoms with E-state index in [0.717, 1.165) is 44.1 Å². The first-order valence-electron chi connectivity index (χ1n) is 7.62. The number of unbranched alkanes of at least 4 members (excludes halogenated alkanes) is 1. The van der Waals surface area contributed by atoms with Crippen LogP contribution in [0.5, 0.6) is 0 Å². The number of hydrogen-bond acceptors (Lipinski definition) is 5. The lowest BCUT2D eigenvalue weighted by Gasteiger charge is -2.31. The van der Waals surface area contributed by atoms with Gasteiger partial charge in [-0.15, -0.1) is 0 Å². The van der Waals surface area contributed by atoms with Crippen LogP contribution < -0.4 is 9.80 Å². The van der Waals surface area contributed by atoms with Gasteiger partial charge in [0.05, 0.1) is 5.92 Å². The zero-order chi connectivity index (χ0) is 15.2. The molecule has 0 aromatic carbocycles. The molecular formula is C15H24N4O2. The lowest BCUT2D eigenvalue weighted by molar-refractivity contribution is -0.142. The topological polar surface area (TPSA) is 69.6 Å². The van der Waals surface area contributed by atoms with E-state index in [0.29, 0.717) is 12.8 Å². The van der Waals surface area contributed by atoms with Gasteiger partial charge in [0.25, 0.3) is 0 Å². The molecule has 1 aliphatic heterocycles. The second-order valence-electron chi connectivity index (χ2n) is 5.61. The smallest absolute Gasteiger partial charge is 0.306 e. The highest BCUT2D eigenvalue weighted by atomic mass is 16.4. The maximum atomic E-state index is 11.0. The molecule has 0 unspecified atom stereocenters. The van der Waals surface area contributed by atoms with Crippen molar-refractivity contribution in [3.63, 3.8) is 0 Å². The van der Waals surface area contributed by atoms with Crippen molar-refractivity contribution < 1.29 is 9.90 Å². The van der Waals surface area contributed by atoms with Crippen LogP contribution in [0.1, 0.15) is 32.6 Å². The molecule has 21 heavy (non-hydrogen) atoms. The number of piperidine rings is 1. The van der Waals surface area contributed by atoms with Gasteiger partial charge >= 0.3 is 5.97 Å². The van der Waals surface area contributed by atoms with Crippen LogP contribution in [-0.2, 0) is 4.79 Å². The van der Waals surface area contributed by atoms with Crippen LogP contribution >= 0.6 is 0 Å². The summed E-state index contributed by atoms with van der Waals surface area (Å²) in [5.74, 6) is 0.924. The van der Waals surface area contributed by atoms with Gasteiger partial charge in [-0.05, 0) is 19.3 Å². The Morgan fingerprint density at radius 1 is 1.43 bits per heavy atom. The van der Waals surface area contributed by atoms with E-state index in [9.17, 15) is 4.79 Å². The minimum absolute atomic E-state index is 0.213. The summed E-state index contributed by atoms with van der Waals surface area (Å²) in [6, 6.07) is 2.00. The van der Waals surface area contributed by atoms with Crippen molar-refractivity contribution in [3.05, 3.63) is 12.4 Å². The molecule has 0 atom stereocenters. The third kappa shape index (κ3) is 4.06. The molecular weight excluding hydrogens is 268 g/mol. The number of nitrogens with zero attached hydrogens (tertiary/aromatic N) is 4. The second kappa shape index (κ2) is 7.24. The van der Waals surface area contributed by atoms with Crippen molar-refractivity contribution in [3.8, 4) is 0 Å². The van der Waals surface area contributed by atoms with Crippen molar-refractivity contribution in [2.75, 3.05) is 36.5 Å². The van der Waals surface area contributed by atoms with Crippen molar-refractivity contribution in [2.24, 2.45) is 5.92 Å². The number of carboxylic acids is 1. The third-order valence-electron chi connectivity index (χ3n) is 4.04. The van der Waals surface area contributed by atoms with Gasteiger partial charge in [0, 0.05) is 32.7 Å². The van der Waals surface area contributed by atoms with Gasteiger partial charge in [0.15, 0.2) is 0 Å². The van der Waals surface area contributed by atoms with E-state index in [1.54, 1.807) is 6.33 Å². The largest absolute Gasteiger partial charge is 0.481 e. The summed E-state index contributed by atoms with van der Waals surface area (Å²) in [7, 11) is 2.04. The first kappa shape index (κ1) is 15.5. The van der Waals surface area contributed by atoms with Crippen molar-refractivity contribution in [1.29, 1.82) is 0 Å². The maximum Gasteiger partial charge on any atom is 0.306 e. The second-order valence-corrected chi connectivity index (χ2v) is 5.61. The molecule has 0 amide bonds. The van der Waals surface area contributed by atoms with Crippen molar-refractivity contribution >= 4 is 17.6 Å². The van der Waals surface area contributed by atoms with Crippen LogP contribution in [0.2, 0.25) is 0 Å². The Kier molecular flexibility index (Phi) is 5.36. The van der Waals surface area contributed by atoms with Gasteiger partial charge in [-0.2, -0.15) is 0 Å². The van der Waals surface area contributed by atoms with Gasteiger partial charge in [-0.3, -0.25) is 4.79 Å². The van der Waals surface area contributed by atoms with E-state index < -0.39 is 5.97 Å². The molecule has 116 valence electrons. The molecule has 0 aliphatic carbocycles. The highest BCUT2D eigenvalue weighted by Crippen LogP contribution is 2.23. The van der Waals surface area contributed by atoms with E-state index >= 15 is 0 Å². The van der Waals surface area contributed by atoms with E-state index in [4.69, 9.17) is 5.11 Å². The SMILES string of the molecule is CCCCN(C)c1cc(N2CCC(C(=O)O)CC2)ncn1. The number of carboxylic acid groups (broad SMARTS) is 1. The summed E-state index contributed by atoms with van der Waals surface area (Å²) in [6.07, 6.45) is 5.25. The molecule has 6 heteroatoms. The van der Waals surface area contributed by atoms with Gasteiger partial charge < -0.3 is 14.9 Å². The van der Waals surface area contributed by atoms with Crippen LogP contribution in [0.15, 0.2) is 12.4 Å². The quantitative estimate of drug-likeness (QED) is 0.865. The summed E-state index contributed by atoms with van der Waals surface area (Å²) in [6.45, 7) is 4.64. The fourth-order valence-corrected chi connectivity index (χ4v) is 2.58. The Labute approximate surface area is 125 Å². The number of aromatic nitrogens is 2. The van der Waals surface area contributed by atoms with Crippen LogP contribution in [0, 0.1) is 5.92 Å². The molecule has 1 aromatic rings. The summed E-state index contributed by atoms with van der Waals surface area (Å²) < 4.78 is 0. The van der Waals surface area contributed by atoms with Crippen molar-refractivity contribution in [2.45, 2.75) is 32.6 Å². The Morgan fingerprint density at radius 2 is 2.14 bits per heavy atom. The fraction of sp³-hybridized carbons (Fsp3) is 0.667. The Hall–Kier alpha value is -1.85. The molecule has 1 aliphatic rings. The summed E-state index contributed by atoms with van der Waals surface area (Å²) in [5, 5.41) is 9.04. The molecule has 1 N–H and O–H groups in total. The molecule has 1 aromatic heterocycles. The zero-order valence-electron chi connectivity index (χ0n) is 12.8. The zero-order valence-corrected chi connectivity index (χ0v) is 12.8. The average Bonchev–Trinajstić information content (AvgIpc) is 2.52. The van der Waals surface area contributed by atoms with Gasteiger partial charge in [-0.25, -0.2) is 9.97 Å². The predicted octanol–water partition coefficient (Wildman–Crippen LogP) is 2.01. The Bertz CT molecular complexity index is 472. The number of carbonyl (C=O) groups is 1. The Morgan fingerprint density at radius 3 is 2.76 bits per heavy atom. The van der Waals surface area contributed by atoms with Gasteiger partial charge in [0.1, 0.15) is 18.0 Å². The molecule has 2 rings (SSSR count). The number of aliphatic carboxylic acids is 1. The van der Waals surface area contributed by atoms with Crippen LogP contribution in [0.25, 0.3) is 0 Å². The summed E-state index contributed by atoms with van der Waals surface area (Å²) >= 11 is 0. The molecule has 6 nitrogen and oxygen atoms in total. The van der Waals surface area contributed by atoms with Gasteiger partial charge in [0.2, 0.25) is 0 Å². The number of rotatable bonds is 6. The van der Waals surface area contributed by atoms with Gasteiger partial charge in [-0.1, -0.05) is 13.3 Å². The normalized spacial score (nSPS) is 16.0. The predicted molar refractivity (Wildman–Crippen MR) is 82.8 cm³/mol. The number of anilines is 2. The Balaban J connectivity index is 1.99. The van der Waals surface area contributed by atoms with E-state index in [1.165, 1.54) is 0 Å². The monoisotopic (exact) mass is 292 g/mol. The average molecular weight is 292 g/mol. The molecule has 2 heterocycles. The standard InChI is InChI=1S/C15H24N4O2/c1-3-4-7-18(2)13-10-14(17-11-16-13)19-8-5-12(6-9-19)15(20)21/h10-12H,3-9H2,1-2H3,(H,20,21). The maximum absolute atomic E-state index is 11.0. The molecule has 0 radical (unpaired) electrons. The fourth-order valence-electron chi connectivity index (χ4n) is 2.58. The highest BCUT2D eigenvalue weighted by molar-refractivity contribution is 5.70. The molecule has 0 saturated carbocycles. The first-order valence-corrected chi connectivity index (χ1v) is 7.62. The molecule has 1 fully saturated rings. The van der Waals surface area contributed by atoms with Crippen molar-refractivity contribution in [1.82, 2.24) is 9.97 Å². The van der Waals surface area contributed by atoms with Crippen LogP contribution in [-0.4, -0.2) is 47.7 Å². The molecule has 0 spiro atoms. The lowest BCUT2D eigenvalue weighted by atomic mass is 9.97. The number of hydrogen-bond donors (Lipinski definition) is 1. The minimum atomic E-state index is -0.683. The lowest BCUT2D eigenvalue weighted by Crippen LogP contribution is -2.37. The minimum Gasteiger partial charge on any atom is -0.481 e. The van der Waals surface area contributed by atoms with E-state index in [-0.39, 0.29) is 5.92 Å². The van der Waals surface area contributed by atoms with E-state index in [2.05, 4.69) is 26.7 Å². The summed E-state index contributed by atoms with van der Waals surface area (Å²) in [4.78, 5) is 23.9. The first-order chi connectivity index (χ1) is 10.1. The molecule has 0 bridgehead atoms. The van der Waals surface area contributed by atoms with E-state index in [1.807, 2.05) is 13.1 Å². The molecule has 1 saturated heterocycles. The highest BCUT2D eigenvalue weighted by Gasteiger charge is 2.25.